The second-order valence-electron chi connectivity index (χ2n) is 6.30. The molecule has 0 bridgehead atoms. The molecular weight excluding hydrogens is 298 g/mol. The van der Waals surface area contributed by atoms with Gasteiger partial charge in [-0.3, -0.25) is 0 Å². The molecule has 3 heterocycles. The van der Waals surface area contributed by atoms with Crippen molar-refractivity contribution in [3.8, 4) is 0 Å². The topological polar surface area (TPSA) is 52.7 Å². The summed E-state index contributed by atoms with van der Waals surface area (Å²) < 4.78 is 0. The highest BCUT2D eigenvalue weighted by atomic mass is 15.1. The first-order valence-corrected chi connectivity index (χ1v) is 8.46. The number of benzene rings is 2. The zero-order valence-electron chi connectivity index (χ0n) is 13.3. The average molecular weight is 315 g/mol. The summed E-state index contributed by atoms with van der Waals surface area (Å²) in [7, 11) is 0. The van der Waals surface area contributed by atoms with Gasteiger partial charge in [-0.05, 0) is 49.6 Å². The zero-order chi connectivity index (χ0) is 15.9. The molecular formula is C19H17N5. The summed E-state index contributed by atoms with van der Waals surface area (Å²) in [6.07, 6.45) is 3.87. The van der Waals surface area contributed by atoms with Crippen LogP contribution >= 0.6 is 0 Å². The zero-order valence-corrected chi connectivity index (χ0v) is 13.3. The van der Waals surface area contributed by atoms with E-state index in [9.17, 15) is 0 Å². The Morgan fingerprint density at radius 3 is 1.88 bits per heavy atom. The summed E-state index contributed by atoms with van der Waals surface area (Å²) in [6.45, 7) is 2.26. The maximum absolute atomic E-state index is 4.67. The highest BCUT2D eigenvalue weighted by Gasteiger charge is 2.15. The number of hydrogen-bond donors (Lipinski definition) is 0. The predicted octanol–water partition coefficient (Wildman–Crippen LogP) is 1.01. The summed E-state index contributed by atoms with van der Waals surface area (Å²) in [5.74, 6) is 1.21. The fourth-order valence-corrected chi connectivity index (χ4v) is 3.40. The normalized spacial score (nSPS) is 18.2. The van der Waals surface area contributed by atoms with Crippen LogP contribution in [0.25, 0.3) is 0 Å². The fourth-order valence-electron chi connectivity index (χ4n) is 3.40. The molecule has 5 nitrogen and oxygen atoms in total. The molecule has 2 aromatic rings. The lowest BCUT2D eigenvalue weighted by Gasteiger charge is -2.28. The van der Waals surface area contributed by atoms with Crippen LogP contribution in [0.5, 0.6) is 0 Å². The van der Waals surface area contributed by atoms with Gasteiger partial charge in [0.2, 0.25) is 0 Å². The van der Waals surface area contributed by atoms with Crippen LogP contribution in [-0.4, -0.2) is 13.1 Å². The Bertz CT molecular complexity index is 1050. The summed E-state index contributed by atoms with van der Waals surface area (Å²) in [5.41, 5.74) is 1.24. The molecule has 5 rings (SSSR count). The third-order valence-electron chi connectivity index (χ3n) is 4.67. The Balaban J connectivity index is 1.58. The molecule has 0 atom stereocenters. The number of fused-ring (bicyclic) bond motifs is 2. The van der Waals surface area contributed by atoms with Crippen molar-refractivity contribution in [2.45, 2.75) is 19.3 Å². The summed E-state index contributed by atoms with van der Waals surface area (Å²) in [5, 5.41) is 3.59. The molecule has 0 unspecified atom stereocenters. The quantitative estimate of drug-likeness (QED) is 0.775. The van der Waals surface area contributed by atoms with Gasteiger partial charge in [0.25, 0.3) is 0 Å². The SMILES string of the molecule is c1ccc2c(c1)=NC(=C1N=c3ccc(N4CCCCC4)cc3=N1)N=2. The van der Waals surface area contributed by atoms with Crippen LogP contribution < -0.4 is 26.3 Å². The molecule has 24 heavy (non-hydrogen) atoms. The third kappa shape index (κ3) is 2.24. The van der Waals surface area contributed by atoms with E-state index in [0.29, 0.717) is 11.6 Å². The van der Waals surface area contributed by atoms with Crippen LogP contribution in [0.2, 0.25) is 0 Å². The van der Waals surface area contributed by atoms with E-state index in [4.69, 9.17) is 0 Å². The van der Waals surface area contributed by atoms with Crippen molar-refractivity contribution < 1.29 is 0 Å². The van der Waals surface area contributed by atoms with Crippen LogP contribution in [0, 0.1) is 0 Å². The van der Waals surface area contributed by atoms with Gasteiger partial charge in [0.1, 0.15) is 0 Å². The van der Waals surface area contributed by atoms with Gasteiger partial charge < -0.3 is 4.90 Å². The first-order valence-electron chi connectivity index (χ1n) is 8.46. The summed E-state index contributed by atoms with van der Waals surface area (Å²) >= 11 is 0. The Kier molecular flexibility index (Phi) is 3.04. The molecule has 2 aromatic carbocycles. The van der Waals surface area contributed by atoms with E-state index >= 15 is 0 Å². The van der Waals surface area contributed by atoms with Crippen molar-refractivity contribution in [2.75, 3.05) is 18.0 Å². The Hall–Kier alpha value is -2.82. The van der Waals surface area contributed by atoms with E-state index in [1.807, 2.05) is 24.3 Å². The van der Waals surface area contributed by atoms with Crippen LogP contribution in [0.1, 0.15) is 19.3 Å². The van der Waals surface area contributed by atoms with Crippen LogP contribution in [0.3, 0.4) is 0 Å². The number of piperidine rings is 1. The molecule has 0 spiro atoms. The minimum absolute atomic E-state index is 0.604. The van der Waals surface area contributed by atoms with Crippen LogP contribution in [0.15, 0.2) is 74.1 Å². The lowest BCUT2D eigenvalue weighted by Crippen LogP contribution is -2.31. The molecule has 0 aliphatic carbocycles. The number of anilines is 1. The molecule has 118 valence electrons. The molecule has 0 N–H and O–H groups in total. The van der Waals surface area contributed by atoms with E-state index in [2.05, 4.69) is 43.1 Å². The lowest BCUT2D eigenvalue weighted by molar-refractivity contribution is 0.577. The van der Waals surface area contributed by atoms with Crippen molar-refractivity contribution >= 4 is 5.69 Å². The van der Waals surface area contributed by atoms with Gasteiger partial charge in [0.15, 0.2) is 11.6 Å². The molecule has 1 fully saturated rings. The number of nitrogens with zero attached hydrogens (tertiary/aromatic N) is 5. The van der Waals surface area contributed by atoms with Gasteiger partial charge in [-0.25, -0.2) is 20.0 Å². The number of para-hydroxylation sites is 2. The Morgan fingerprint density at radius 1 is 0.625 bits per heavy atom. The van der Waals surface area contributed by atoms with Gasteiger partial charge in [0, 0.05) is 18.8 Å². The Labute approximate surface area is 139 Å². The smallest absolute Gasteiger partial charge is 0.199 e. The fraction of sp³-hybridized carbons (Fsp3) is 0.263. The monoisotopic (exact) mass is 315 g/mol. The molecule has 0 radical (unpaired) electrons. The third-order valence-corrected chi connectivity index (χ3v) is 4.67. The number of hydrogen-bond acceptors (Lipinski definition) is 5. The molecule has 3 aliphatic rings. The van der Waals surface area contributed by atoms with Crippen molar-refractivity contribution in [3.63, 3.8) is 0 Å². The largest absolute Gasteiger partial charge is 0.371 e. The molecule has 0 aromatic heterocycles. The highest BCUT2D eigenvalue weighted by molar-refractivity contribution is 5.46. The van der Waals surface area contributed by atoms with E-state index in [1.165, 1.54) is 24.9 Å². The van der Waals surface area contributed by atoms with E-state index < -0.39 is 0 Å². The van der Waals surface area contributed by atoms with Crippen molar-refractivity contribution in [2.24, 2.45) is 20.0 Å². The second-order valence-corrected chi connectivity index (χ2v) is 6.30. The Morgan fingerprint density at radius 2 is 1.21 bits per heavy atom. The van der Waals surface area contributed by atoms with Gasteiger partial charge in [-0.2, -0.15) is 0 Å². The lowest BCUT2D eigenvalue weighted by atomic mass is 10.1. The minimum Gasteiger partial charge on any atom is -0.371 e. The van der Waals surface area contributed by atoms with Crippen LogP contribution in [-0.2, 0) is 0 Å². The van der Waals surface area contributed by atoms with Crippen molar-refractivity contribution in [1.29, 1.82) is 0 Å². The van der Waals surface area contributed by atoms with Crippen molar-refractivity contribution in [3.05, 3.63) is 75.5 Å². The summed E-state index contributed by atoms with van der Waals surface area (Å²) in [4.78, 5) is 20.8. The van der Waals surface area contributed by atoms with Gasteiger partial charge in [0.05, 0.1) is 21.4 Å². The highest BCUT2D eigenvalue weighted by Crippen LogP contribution is 2.18. The number of rotatable bonds is 1. The van der Waals surface area contributed by atoms with Gasteiger partial charge in [-0.15, -0.1) is 0 Å². The predicted molar refractivity (Wildman–Crippen MR) is 90.6 cm³/mol. The molecule has 0 amide bonds. The van der Waals surface area contributed by atoms with E-state index in [0.717, 1.165) is 34.5 Å². The maximum Gasteiger partial charge on any atom is 0.199 e. The molecule has 5 heteroatoms. The van der Waals surface area contributed by atoms with Gasteiger partial charge >= 0.3 is 0 Å². The molecule has 1 saturated heterocycles. The van der Waals surface area contributed by atoms with Gasteiger partial charge in [-0.1, -0.05) is 12.1 Å². The maximum atomic E-state index is 4.67. The van der Waals surface area contributed by atoms with E-state index in [-0.39, 0.29) is 0 Å². The standard InChI is InChI=1S/C19H17N5/c1-4-10-24(11-5-1)13-8-9-16-17(12-13)23-19(22-16)18-20-14-6-2-3-7-15(14)21-18/h2-3,6-9,12H,1,4-5,10-11H2. The first-order chi connectivity index (χ1) is 11.9. The van der Waals surface area contributed by atoms with E-state index in [1.54, 1.807) is 0 Å². The average Bonchev–Trinajstić information content (AvgIpc) is 3.25. The minimum atomic E-state index is 0.604. The van der Waals surface area contributed by atoms with Crippen LogP contribution in [0.4, 0.5) is 5.69 Å². The second kappa shape index (κ2) is 5.37. The first kappa shape index (κ1) is 13.6. The van der Waals surface area contributed by atoms with Crippen molar-refractivity contribution in [1.82, 2.24) is 0 Å². The molecule has 3 aliphatic heterocycles. The summed E-state index contributed by atoms with van der Waals surface area (Å²) in [6, 6.07) is 14.2. The molecule has 0 saturated carbocycles.